The van der Waals surface area contributed by atoms with Gasteiger partial charge in [0.15, 0.2) is 0 Å². The van der Waals surface area contributed by atoms with E-state index in [1.54, 1.807) is 0 Å². The maximum absolute atomic E-state index is 12.9. The topological polar surface area (TPSA) is 124 Å². The van der Waals surface area contributed by atoms with Gasteiger partial charge in [0.2, 0.25) is 11.8 Å². The third kappa shape index (κ3) is 12.8. The van der Waals surface area contributed by atoms with E-state index in [2.05, 4.69) is 27.5 Å². The molecule has 0 aliphatic heterocycles. The first-order chi connectivity index (χ1) is 16.4. The third-order valence-corrected chi connectivity index (χ3v) is 6.41. The summed E-state index contributed by atoms with van der Waals surface area (Å²) in [6.07, 6.45) is 17.5. The van der Waals surface area contributed by atoms with Crippen molar-refractivity contribution in [2.24, 2.45) is 5.92 Å². The molecule has 2 amide bonds. The summed E-state index contributed by atoms with van der Waals surface area (Å²) in [5, 5.41) is 14.9. The molecule has 0 saturated carbocycles. The second-order valence-electron chi connectivity index (χ2n) is 9.40. The molecule has 194 valence electrons. The Hall–Kier alpha value is -2.38. The van der Waals surface area contributed by atoms with Gasteiger partial charge in [-0.05, 0) is 12.3 Å². The number of imidazole rings is 1. The summed E-state index contributed by atoms with van der Waals surface area (Å²) in [6.45, 7) is 6.07. The number of carbonyl (C=O) groups is 3. The van der Waals surface area contributed by atoms with Crippen molar-refractivity contribution in [2.45, 2.75) is 123 Å². The monoisotopic (exact) mass is 478 g/mol. The molecule has 0 bridgehead atoms. The van der Waals surface area contributed by atoms with Crippen LogP contribution in [0.1, 0.15) is 110 Å². The molecule has 3 atom stereocenters. The smallest absolute Gasteiger partial charge is 0.326 e. The van der Waals surface area contributed by atoms with Crippen LogP contribution in [0.5, 0.6) is 0 Å². The first-order valence-electron chi connectivity index (χ1n) is 13.2. The number of nitrogens with zero attached hydrogens (tertiary/aromatic N) is 1. The van der Waals surface area contributed by atoms with E-state index in [1.807, 2.05) is 13.8 Å². The van der Waals surface area contributed by atoms with Gasteiger partial charge in [0.25, 0.3) is 0 Å². The van der Waals surface area contributed by atoms with Crippen LogP contribution >= 0.6 is 0 Å². The average Bonchev–Trinajstić information content (AvgIpc) is 3.33. The first-order valence-corrected chi connectivity index (χ1v) is 13.2. The Kier molecular flexibility index (Phi) is 15.7. The Labute approximate surface area is 205 Å². The van der Waals surface area contributed by atoms with Crippen LogP contribution in [0.25, 0.3) is 0 Å². The average molecular weight is 479 g/mol. The highest BCUT2D eigenvalue weighted by Crippen LogP contribution is 2.13. The van der Waals surface area contributed by atoms with Crippen LogP contribution in [-0.2, 0) is 20.8 Å². The summed E-state index contributed by atoms with van der Waals surface area (Å²) in [5.41, 5.74) is 0.619. The van der Waals surface area contributed by atoms with Gasteiger partial charge in [-0.2, -0.15) is 0 Å². The fraction of sp³-hybridized carbons (Fsp3) is 0.769. The summed E-state index contributed by atoms with van der Waals surface area (Å²) in [7, 11) is 0. The highest BCUT2D eigenvalue weighted by molar-refractivity contribution is 5.90. The molecule has 8 heteroatoms. The lowest BCUT2D eigenvalue weighted by Gasteiger charge is -2.25. The van der Waals surface area contributed by atoms with Gasteiger partial charge in [-0.15, -0.1) is 0 Å². The molecule has 0 aliphatic rings. The minimum Gasteiger partial charge on any atom is -0.480 e. The number of aliphatic carboxylic acids is 1. The maximum atomic E-state index is 12.9. The van der Waals surface area contributed by atoms with Gasteiger partial charge >= 0.3 is 5.97 Å². The molecule has 34 heavy (non-hydrogen) atoms. The quantitative estimate of drug-likeness (QED) is 0.201. The van der Waals surface area contributed by atoms with E-state index in [0.717, 1.165) is 19.3 Å². The third-order valence-electron chi connectivity index (χ3n) is 6.41. The van der Waals surface area contributed by atoms with E-state index in [0.29, 0.717) is 18.5 Å². The van der Waals surface area contributed by atoms with Crippen LogP contribution in [0.4, 0.5) is 0 Å². The number of unbranched alkanes of at least 4 members (excludes halogenated alkanes) is 10. The van der Waals surface area contributed by atoms with E-state index < -0.39 is 24.0 Å². The molecule has 0 fully saturated rings. The molecule has 0 radical (unpaired) electrons. The molecule has 4 N–H and O–H groups in total. The summed E-state index contributed by atoms with van der Waals surface area (Å²) >= 11 is 0. The minimum atomic E-state index is -1.13. The highest BCUT2D eigenvalue weighted by atomic mass is 16.4. The Morgan fingerprint density at radius 1 is 0.941 bits per heavy atom. The Balaban J connectivity index is 2.36. The van der Waals surface area contributed by atoms with Crippen molar-refractivity contribution in [3.8, 4) is 0 Å². The lowest BCUT2D eigenvalue weighted by Crippen LogP contribution is -2.54. The lowest BCUT2D eigenvalue weighted by molar-refractivity contribution is -0.142. The molecule has 0 saturated heterocycles. The van der Waals surface area contributed by atoms with Crippen LogP contribution < -0.4 is 10.6 Å². The van der Waals surface area contributed by atoms with Crippen molar-refractivity contribution in [3.05, 3.63) is 18.2 Å². The molecule has 0 spiro atoms. The largest absolute Gasteiger partial charge is 0.480 e. The van der Waals surface area contributed by atoms with Crippen molar-refractivity contribution in [3.63, 3.8) is 0 Å². The summed E-state index contributed by atoms with van der Waals surface area (Å²) in [4.78, 5) is 43.7. The predicted octanol–water partition coefficient (Wildman–Crippen LogP) is 4.75. The van der Waals surface area contributed by atoms with Crippen LogP contribution in [0.3, 0.4) is 0 Å². The zero-order valence-corrected chi connectivity index (χ0v) is 21.4. The van der Waals surface area contributed by atoms with Crippen molar-refractivity contribution in [2.75, 3.05) is 0 Å². The Bertz CT molecular complexity index is 693. The van der Waals surface area contributed by atoms with Gasteiger partial charge in [-0.25, -0.2) is 9.78 Å². The van der Waals surface area contributed by atoms with Crippen molar-refractivity contribution in [1.82, 2.24) is 20.6 Å². The molecule has 0 aromatic carbocycles. The van der Waals surface area contributed by atoms with Gasteiger partial charge in [0.1, 0.15) is 12.1 Å². The van der Waals surface area contributed by atoms with Crippen molar-refractivity contribution >= 4 is 17.8 Å². The number of rotatable bonds is 20. The molecule has 8 nitrogen and oxygen atoms in total. The SMILES string of the molecule is CCCCCCCCCCCCCC(=O)N[C@H](C(=O)N[C@@H](Cc1cnc[nH]1)C(=O)O)[C@@H](C)CC. The number of carbonyl (C=O) groups excluding carboxylic acids is 2. The first kappa shape index (κ1) is 29.7. The predicted molar refractivity (Wildman–Crippen MR) is 134 cm³/mol. The van der Waals surface area contributed by atoms with Gasteiger partial charge in [0.05, 0.1) is 6.33 Å². The number of nitrogens with one attached hydrogen (secondary N) is 3. The zero-order chi connectivity index (χ0) is 25.2. The van der Waals surface area contributed by atoms with Crippen molar-refractivity contribution in [1.29, 1.82) is 0 Å². The van der Waals surface area contributed by atoms with Gasteiger partial charge in [0, 0.05) is 24.7 Å². The molecular formula is C26H46N4O4. The number of hydrogen-bond acceptors (Lipinski definition) is 4. The number of H-pyrrole nitrogens is 1. The van der Waals surface area contributed by atoms with Crippen molar-refractivity contribution < 1.29 is 19.5 Å². The number of carboxylic acid groups (broad SMARTS) is 1. The standard InChI is InChI=1S/C26H46N4O4/c1-4-6-7-8-9-10-11-12-13-14-15-16-23(31)30-24(20(3)5-2)25(32)29-22(26(33)34)17-21-18-27-19-28-21/h18-20,22,24H,4-17H2,1-3H3,(H,27,28)(H,29,32)(H,30,31)(H,33,34)/t20-,22-,24-/m0/s1. The number of hydrogen-bond donors (Lipinski definition) is 4. The van der Waals surface area contributed by atoms with Gasteiger partial charge < -0.3 is 20.7 Å². The second-order valence-corrected chi connectivity index (χ2v) is 9.40. The van der Waals surface area contributed by atoms with Crippen LogP contribution in [0, 0.1) is 5.92 Å². The molecule has 1 aromatic heterocycles. The minimum absolute atomic E-state index is 0.0982. The summed E-state index contributed by atoms with van der Waals surface area (Å²) < 4.78 is 0. The number of carboxylic acids is 1. The summed E-state index contributed by atoms with van der Waals surface area (Å²) in [6, 6.07) is -1.85. The molecule has 1 heterocycles. The lowest BCUT2D eigenvalue weighted by atomic mass is 9.97. The second kappa shape index (κ2) is 18.0. The van der Waals surface area contributed by atoms with Crippen LogP contribution in [-0.4, -0.2) is 44.9 Å². The van der Waals surface area contributed by atoms with E-state index >= 15 is 0 Å². The van der Waals surface area contributed by atoms with Crippen LogP contribution in [0.2, 0.25) is 0 Å². The number of amides is 2. The van der Waals surface area contributed by atoms with E-state index in [1.165, 1.54) is 63.9 Å². The Morgan fingerprint density at radius 2 is 1.53 bits per heavy atom. The zero-order valence-electron chi connectivity index (χ0n) is 21.4. The number of aromatic nitrogens is 2. The molecule has 0 aliphatic carbocycles. The molecular weight excluding hydrogens is 432 g/mol. The highest BCUT2D eigenvalue weighted by Gasteiger charge is 2.30. The number of aromatic amines is 1. The normalized spacial score (nSPS) is 13.7. The maximum Gasteiger partial charge on any atom is 0.326 e. The van der Waals surface area contributed by atoms with E-state index in [-0.39, 0.29) is 18.2 Å². The fourth-order valence-electron chi connectivity index (χ4n) is 3.98. The molecule has 1 aromatic rings. The summed E-state index contributed by atoms with van der Waals surface area (Å²) in [5.74, 6) is -1.86. The van der Waals surface area contributed by atoms with Crippen LogP contribution in [0.15, 0.2) is 12.5 Å². The van der Waals surface area contributed by atoms with Gasteiger partial charge in [-0.1, -0.05) is 91.4 Å². The van der Waals surface area contributed by atoms with Gasteiger partial charge in [-0.3, -0.25) is 9.59 Å². The van der Waals surface area contributed by atoms with E-state index in [9.17, 15) is 19.5 Å². The molecule has 1 rings (SSSR count). The van der Waals surface area contributed by atoms with E-state index in [4.69, 9.17) is 0 Å². The fourth-order valence-corrected chi connectivity index (χ4v) is 3.98. The molecule has 0 unspecified atom stereocenters. The Morgan fingerprint density at radius 3 is 2.03 bits per heavy atom.